The zero-order valence-electron chi connectivity index (χ0n) is 12.2. The molecule has 1 aromatic rings. The molecule has 0 saturated carbocycles. The molecule has 1 fully saturated rings. The Hall–Kier alpha value is -1.69. The van der Waals surface area contributed by atoms with E-state index in [-0.39, 0.29) is 17.6 Å². The summed E-state index contributed by atoms with van der Waals surface area (Å²) in [7, 11) is 1.76. The lowest BCUT2D eigenvalue weighted by Crippen LogP contribution is -2.49. The Balaban J connectivity index is 1.89. The van der Waals surface area contributed by atoms with E-state index in [1.165, 1.54) is 12.1 Å². The van der Waals surface area contributed by atoms with Gasteiger partial charge < -0.3 is 15.0 Å². The number of carbonyl (C=O) groups excluding carboxylic acids is 1. The molecule has 0 radical (unpaired) electrons. The van der Waals surface area contributed by atoms with Crippen molar-refractivity contribution in [1.82, 2.24) is 10.2 Å². The van der Waals surface area contributed by atoms with Gasteiger partial charge in [-0.2, -0.15) is 8.78 Å². The lowest BCUT2D eigenvalue weighted by molar-refractivity contribution is -0.136. The van der Waals surface area contributed by atoms with Gasteiger partial charge in [-0.15, -0.1) is 0 Å². The van der Waals surface area contributed by atoms with E-state index in [0.29, 0.717) is 12.5 Å². The Morgan fingerprint density at radius 2 is 2.00 bits per heavy atom. The lowest BCUT2D eigenvalue weighted by Gasteiger charge is -2.34. The molecule has 1 heterocycles. The maximum atomic E-state index is 12.3. The quantitative estimate of drug-likeness (QED) is 0.874. The van der Waals surface area contributed by atoms with Crippen molar-refractivity contribution in [1.29, 1.82) is 0 Å². The first-order valence-corrected chi connectivity index (χ1v) is 6.97. The minimum atomic E-state index is -2.82. The van der Waals surface area contributed by atoms with Crippen LogP contribution in [0, 0.1) is 11.8 Å². The average molecular weight is 298 g/mol. The SMILES string of the molecule is CC(C(=O)N(C)Cc1ccc(OC(F)F)cc1)C1CNC1. The number of alkyl halides is 2. The first-order chi connectivity index (χ1) is 9.97. The zero-order chi connectivity index (χ0) is 15.4. The molecule has 1 saturated heterocycles. The molecule has 1 N–H and O–H groups in total. The van der Waals surface area contributed by atoms with Crippen LogP contribution < -0.4 is 10.1 Å². The fraction of sp³-hybridized carbons (Fsp3) is 0.533. The fourth-order valence-corrected chi connectivity index (χ4v) is 2.34. The number of benzene rings is 1. The Morgan fingerprint density at radius 3 is 2.48 bits per heavy atom. The van der Waals surface area contributed by atoms with Crippen LogP contribution in [0.25, 0.3) is 0 Å². The van der Waals surface area contributed by atoms with Crippen molar-refractivity contribution in [3.63, 3.8) is 0 Å². The van der Waals surface area contributed by atoms with Gasteiger partial charge >= 0.3 is 6.61 Å². The van der Waals surface area contributed by atoms with E-state index < -0.39 is 6.61 Å². The van der Waals surface area contributed by atoms with E-state index in [0.717, 1.165) is 18.7 Å². The molecule has 0 aliphatic carbocycles. The normalized spacial score (nSPS) is 16.4. The van der Waals surface area contributed by atoms with Crippen molar-refractivity contribution >= 4 is 5.91 Å². The highest BCUT2D eigenvalue weighted by Crippen LogP contribution is 2.20. The maximum absolute atomic E-state index is 12.3. The van der Waals surface area contributed by atoms with Crippen LogP contribution in [-0.4, -0.2) is 37.6 Å². The minimum absolute atomic E-state index is 0.00214. The van der Waals surface area contributed by atoms with E-state index in [1.807, 2.05) is 6.92 Å². The summed E-state index contributed by atoms with van der Waals surface area (Å²) >= 11 is 0. The Bertz CT molecular complexity index is 475. The molecule has 6 heteroatoms. The third-order valence-corrected chi connectivity index (χ3v) is 3.85. The van der Waals surface area contributed by atoms with Crippen molar-refractivity contribution in [2.45, 2.75) is 20.1 Å². The summed E-state index contributed by atoms with van der Waals surface area (Å²) < 4.78 is 28.4. The van der Waals surface area contributed by atoms with Gasteiger partial charge in [0.15, 0.2) is 0 Å². The second kappa shape index (κ2) is 6.85. The van der Waals surface area contributed by atoms with Crippen LogP contribution in [0.5, 0.6) is 5.75 Å². The molecule has 1 atom stereocenters. The van der Waals surface area contributed by atoms with Crippen LogP contribution in [-0.2, 0) is 11.3 Å². The van der Waals surface area contributed by atoms with Gasteiger partial charge in [0.05, 0.1) is 0 Å². The molecule has 116 valence electrons. The predicted molar refractivity (Wildman–Crippen MR) is 75.1 cm³/mol. The molecule has 0 aromatic heterocycles. The second-order valence-corrected chi connectivity index (χ2v) is 5.42. The molecule has 4 nitrogen and oxygen atoms in total. The van der Waals surface area contributed by atoms with Crippen LogP contribution in [0.4, 0.5) is 8.78 Å². The van der Waals surface area contributed by atoms with Crippen LogP contribution >= 0.6 is 0 Å². The minimum Gasteiger partial charge on any atom is -0.435 e. The highest BCUT2D eigenvalue weighted by Gasteiger charge is 2.30. The molecular weight excluding hydrogens is 278 g/mol. The summed E-state index contributed by atoms with van der Waals surface area (Å²) in [5, 5.41) is 3.16. The first kappa shape index (κ1) is 15.7. The van der Waals surface area contributed by atoms with E-state index >= 15 is 0 Å². The Kier molecular flexibility index (Phi) is 5.12. The fourth-order valence-electron chi connectivity index (χ4n) is 2.34. The van der Waals surface area contributed by atoms with Crippen LogP contribution in [0.15, 0.2) is 24.3 Å². The molecule has 21 heavy (non-hydrogen) atoms. The van der Waals surface area contributed by atoms with E-state index in [2.05, 4.69) is 10.1 Å². The molecule has 2 rings (SSSR count). The monoisotopic (exact) mass is 298 g/mol. The number of hydrogen-bond donors (Lipinski definition) is 1. The summed E-state index contributed by atoms with van der Waals surface area (Å²) in [6, 6.07) is 6.35. The third-order valence-electron chi connectivity index (χ3n) is 3.85. The van der Waals surface area contributed by atoms with Gasteiger partial charge in [0.1, 0.15) is 5.75 Å². The standard InChI is InChI=1S/C15H20F2N2O2/c1-10(12-7-18-8-12)14(20)19(2)9-11-3-5-13(6-4-11)21-15(16)17/h3-6,10,12,15,18H,7-9H2,1-2H3. The molecule has 0 spiro atoms. The Labute approximate surface area is 123 Å². The van der Waals surface area contributed by atoms with Gasteiger partial charge in [0, 0.05) is 19.5 Å². The molecular formula is C15H20F2N2O2. The van der Waals surface area contributed by atoms with E-state index in [9.17, 15) is 13.6 Å². The number of amides is 1. The van der Waals surface area contributed by atoms with Crippen molar-refractivity contribution < 1.29 is 18.3 Å². The van der Waals surface area contributed by atoms with Gasteiger partial charge in [-0.3, -0.25) is 4.79 Å². The topological polar surface area (TPSA) is 41.6 Å². The summed E-state index contributed by atoms with van der Waals surface area (Å²) in [6.45, 7) is 1.36. The number of nitrogens with zero attached hydrogens (tertiary/aromatic N) is 1. The number of carbonyl (C=O) groups is 1. The van der Waals surface area contributed by atoms with Gasteiger partial charge in [0.2, 0.25) is 5.91 Å². The van der Waals surface area contributed by atoms with Gasteiger partial charge in [-0.25, -0.2) is 0 Å². The average Bonchev–Trinajstić information content (AvgIpc) is 2.37. The van der Waals surface area contributed by atoms with Gasteiger partial charge in [-0.1, -0.05) is 19.1 Å². The second-order valence-electron chi connectivity index (χ2n) is 5.42. The molecule has 1 aliphatic heterocycles. The molecule has 1 aliphatic rings. The largest absolute Gasteiger partial charge is 0.435 e. The predicted octanol–water partition coefficient (Wildman–Crippen LogP) is 2.10. The molecule has 1 unspecified atom stereocenters. The Morgan fingerprint density at radius 1 is 1.38 bits per heavy atom. The third kappa shape index (κ3) is 4.14. The molecule has 1 aromatic carbocycles. The van der Waals surface area contributed by atoms with Gasteiger partial charge in [0.25, 0.3) is 0 Å². The van der Waals surface area contributed by atoms with Crippen molar-refractivity contribution in [2.75, 3.05) is 20.1 Å². The highest BCUT2D eigenvalue weighted by molar-refractivity contribution is 5.78. The summed E-state index contributed by atoms with van der Waals surface area (Å²) in [4.78, 5) is 13.9. The zero-order valence-corrected chi connectivity index (χ0v) is 12.2. The summed E-state index contributed by atoms with van der Waals surface area (Å²) in [5.74, 6) is 0.630. The smallest absolute Gasteiger partial charge is 0.387 e. The number of halogens is 2. The highest BCUT2D eigenvalue weighted by atomic mass is 19.3. The maximum Gasteiger partial charge on any atom is 0.387 e. The van der Waals surface area contributed by atoms with Crippen LogP contribution in [0.1, 0.15) is 12.5 Å². The number of ether oxygens (including phenoxy) is 1. The molecule has 1 amide bonds. The van der Waals surface area contributed by atoms with E-state index in [1.54, 1.807) is 24.1 Å². The van der Waals surface area contributed by atoms with Crippen LogP contribution in [0.2, 0.25) is 0 Å². The van der Waals surface area contributed by atoms with Gasteiger partial charge in [-0.05, 0) is 36.7 Å². The lowest BCUT2D eigenvalue weighted by atomic mass is 9.88. The van der Waals surface area contributed by atoms with Crippen LogP contribution in [0.3, 0.4) is 0 Å². The number of nitrogens with one attached hydrogen (secondary N) is 1. The van der Waals surface area contributed by atoms with Crippen molar-refractivity contribution in [3.8, 4) is 5.75 Å². The summed E-state index contributed by atoms with van der Waals surface area (Å²) in [6.07, 6.45) is 0. The summed E-state index contributed by atoms with van der Waals surface area (Å²) in [5.41, 5.74) is 0.881. The molecule has 0 bridgehead atoms. The number of hydrogen-bond acceptors (Lipinski definition) is 3. The van der Waals surface area contributed by atoms with E-state index in [4.69, 9.17) is 0 Å². The first-order valence-electron chi connectivity index (χ1n) is 6.97. The van der Waals surface area contributed by atoms with Crippen molar-refractivity contribution in [2.24, 2.45) is 11.8 Å². The van der Waals surface area contributed by atoms with Crippen molar-refractivity contribution in [3.05, 3.63) is 29.8 Å². The number of rotatable bonds is 6.